The van der Waals surface area contributed by atoms with E-state index < -0.39 is 0 Å². The van der Waals surface area contributed by atoms with Crippen LogP contribution in [0.2, 0.25) is 10.0 Å². The summed E-state index contributed by atoms with van der Waals surface area (Å²) in [4.78, 5) is 3.75. The van der Waals surface area contributed by atoms with E-state index in [-0.39, 0.29) is 6.42 Å². The maximum Gasteiger partial charge on any atom is 0.0670 e. The highest BCUT2D eigenvalue weighted by molar-refractivity contribution is 6.35. The molecule has 0 spiro atoms. The summed E-state index contributed by atoms with van der Waals surface area (Å²) in [7, 11) is 0. The van der Waals surface area contributed by atoms with Crippen LogP contribution >= 0.6 is 23.2 Å². The molecular weight excluding hydrogens is 183 g/mol. The van der Waals surface area contributed by atoms with Crippen molar-refractivity contribution in [1.29, 1.82) is 5.26 Å². The molecule has 2 nitrogen and oxygen atoms in total. The minimum atomic E-state index is 0.222. The normalized spacial score (nSPS) is 9.18. The van der Waals surface area contributed by atoms with Gasteiger partial charge in [0.1, 0.15) is 0 Å². The zero-order chi connectivity index (χ0) is 8.27. The first-order chi connectivity index (χ1) is 5.25. The third kappa shape index (κ3) is 1.83. The van der Waals surface area contributed by atoms with E-state index in [4.69, 9.17) is 28.5 Å². The molecule has 4 heteroatoms. The summed E-state index contributed by atoms with van der Waals surface area (Å²) in [5.41, 5.74) is 0.644. The van der Waals surface area contributed by atoms with E-state index in [2.05, 4.69) is 4.98 Å². The second kappa shape index (κ2) is 3.56. The molecule has 1 rings (SSSR count). The third-order valence-electron chi connectivity index (χ3n) is 1.21. The first-order valence-electron chi connectivity index (χ1n) is 2.90. The van der Waals surface area contributed by atoms with Crippen molar-refractivity contribution in [2.45, 2.75) is 6.42 Å². The Labute approximate surface area is 74.4 Å². The Morgan fingerprint density at radius 1 is 1.36 bits per heavy atom. The highest BCUT2D eigenvalue weighted by Crippen LogP contribution is 2.22. The molecule has 1 heterocycles. The van der Waals surface area contributed by atoms with E-state index in [0.717, 1.165) is 0 Å². The minimum Gasteiger partial charge on any atom is -0.262 e. The zero-order valence-corrected chi connectivity index (χ0v) is 7.02. The van der Waals surface area contributed by atoms with Gasteiger partial charge in [0.15, 0.2) is 0 Å². The number of hydrogen-bond donors (Lipinski definition) is 0. The Balaban J connectivity index is 3.12. The largest absolute Gasteiger partial charge is 0.262 e. The molecule has 56 valence electrons. The molecule has 0 aliphatic rings. The fraction of sp³-hybridized carbons (Fsp3) is 0.143. The van der Waals surface area contributed by atoms with Crippen molar-refractivity contribution in [3.8, 4) is 6.07 Å². The van der Waals surface area contributed by atoms with Crippen LogP contribution in [0.4, 0.5) is 0 Å². The van der Waals surface area contributed by atoms with E-state index in [0.29, 0.717) is 15.6 Å². The lowest BCUT2D eigenvalue weighted by Crippen LogP contribution is -1.86. The summed E-state index contributed by atoms with van der Waals surface area (Å²) in [6, 6.07) is 1.97. The Kier molecular flexibility index (Phi) is 2.70. The molecule has 0 aliphatic carbocycles. The SMILES string of the molecule is N#CCc1c(Cl)cncc1Cl. The standard InChI is InChI=1S/C7H4Cl2N2/c8-6-3-11-4-7(9)5(6)1-2-10/h3-4H,1H2. The smallest absolute Gasteiger partial charge is 0.0670 e. The van der Waals surface area contributed by atoms with Gasteiger partial charge in [0.05, 0.1) is 22.5 Å². The lowest BCUT2D eigenvalue weighted by Gasteiger charge is -1.99. The molecule has 0 bridgehead atoms. The van der Waals surface area contributed by atoms with Gasteiger partial charge in [-0.25, -0.2) is 0 Å². The van der Waals surface area contributed by atoms with Gasteiger partial charge in [0, 0.05) is 18.0 Å². The number of hydrogen-bond acceptors (Lipinski definition) is 2. The van der Waals surface area contributed by atoms with E-state index in [1.54, 1.807) is 0 Å². The average molecular weight is 187 g/mol. The number of nitriles is 1. The maximum absolute atomic E-state index is 8.38. The topological polar surface area (TPSA) is 36.7 Å². The average Bonchev–Trinajstić information content (AvgIpc) is 1.97. The summed E-state index contributed by atoms with van der Waals surface area (Å²) in [6.07, 6.45) is 3.17. The lowest BCUT2D eigenvalue weighted by atomic mass is 10.2. The predicted molar refractivity (Wildman–Crippen MR) is 43.6 cm³/mol. The van der Waals surface area contributed by atoms with Gasteiger partial charge in [-0.05, 0) is 0 Å². The van der Waals surface area contributed by atoms with E-state index in [1.165, 1.54) is 12.4 Å². The Morgan fingerprint density at radius 3 is 2.36 bits per heavy atom. The van der Waals surface area contributed by atoms with Crippen molar-refractivity contribution in [1.82, 2.24) is 4.98 Å². The highest BCUT2D eigenvalue weighted by Gasteiger charge is 2.03. The lowest BCUT2D eigenvalue weighted by molar-refractivity contribution is 1.21. The van der Waals surface area contributed by atoms with Crippen LogP contribution in [0.1, 0.15) is 5.56 Å². The summed E-state index contributed by atoms with van der Waals surface area (Å²) in [6.45, 7) is 0. The van der Waals surface area contributed by atoms with Gasteiger partial charge in [-0.2, -0.15) is 5.26 Å². The molecule has 0 saturated carbocycles. The van der Waals surface area contributed by atoms with Crippen molar-refractivity contribution in [3.63, 3.8) is 0 Å². The van der Waals surface area contributed by atoms with Crippen molar-refractivity contribution < 1.29 is 0 Å². The fourth-order valence-electron chi connectivity index (χ4n) is 0.686. The van der Waals surface area contributed by atoms with E-state index in [1.807, 2.05) is 6.07 Å². The number of halogens is 2. The molecule has 0 aliphatic heterocycles. The Hall–Kier alpha value is -0.780. The maximum atomic E-state index is 8.38. The van der Waals surface area contributed by atoms with Gasteiger partial charge in [0.2, 0.25) is 0 Å². The third-order valence-corrected chi connectivity index (χ3v) is 1.86. The van der Waals surface area contributed by atoms with Gasteiger partial charge < -0.3 is 0 Å². The van der Waals surface area contributed by atoms with Gasteiger partial charge in [-0.1, -0.05) is 23.2 Å². The minimum absolute atomic E-state index is 0.222. The molecule has 0 aromatic carbocycles. The van der Waals surface area contributed by atoms with Crippen LogP contribution in [-0.4, -0.2) is 4.98 Å². The quantitative estimate of drug-likeness (QED) is 0.676. The predicted octanol–water partition coefficient (Wildman–Crippen LogP) is 2.45. The summed E-state index contributed by atoms with van der Waals surface area (Å²) in [5, 5.41) is 9.27. The summed E-state index contributed by atoms with van der Waals surface area (Å²) < 4.78 is 0. The van der Waals surface area contributed by atoms with Crippen LogP contribution in [0, 0.1) is 11.3 Å². The molecular formula is C7H4Cl2N2. The number of nitrogens with zero attached hydrogens (tertiary/aromatic N) is 2. The van der Waals surface area contributed by atoms with Crippen LogP contribution in [-0.2, 0) is 6.42 Å². The first-order valence-corrected chi connectivity index (χ1v) is 3.66. The van der Waals surface area contributed by atoms with Crippen molar-refractivity contribution in [2.75, 3.05) is 0 Å². The molecule has 0 fully saturated rings. The van der Waals surface area contributed by atoms with Crippen molar-refractivity contribution in [2.24, 2.45) is 0 Å². The Bertz CT molecular complexity index is 284. The molecule has 0 radical (unpaired) electrons. The van der Waals surface area contributed by atoms with Gasteiger partial charge in [-0.15, -0.1) is 0 Å². The molecule has 0 saturated heterocycles. The van der Waals surface area contributed by atoms with Gasteiger partial charge in [-0.3, -0.25) is 4.98 Å². The summed E-state index contributed by atoms with van der Waals surface area (Å²) >= 11 is 11.4. The Morgan fingerprint density at radius 2 is 1.91 bits per heavy atom. The molecule has 1 aromatic heterocycles. The van der Waals surface area contributed by atoms with Crippen LogP contribution in [0.5, 0.6) is 0 Å². The molecule has 0 unspecified atom stereocenters. The summed E-state index contributed by atoms with van der Waals surface area (Å²) in [5.74, 6) is 0. The second-order valence-corrected chi connectivity index (χ2v) is 2.73. The number of aromatic nitrogens is 1. The second-order valence-electron chi connectivity index (χ2n) is 1.92. The highest BCUT2D eigenvalue weighted by atomic mass is 35.5. The van der Waals surface area contributed by atoms with Gasteiger partial charge >= 0.3 is 0 Å². The molecule has 0 atom stereocenters. The molecule has 0 N–H and O–H groups in total. The van der Waals surface area contributed by atoms with Crippen LogP contribution in [0.3, 0.4) is 0 Å². The van der Waals surface area contributed by atoms with E-state index >= 15 is 0 Å². The van der Waals surface area contributed by atoms with Crippen molar-refractivity contribution in [3.05, 3.63) is 28.0 Å². The van der Waals surface area contributed by atoms with Gasteiger partial charge in [0.25, 0.3) is 0 Å². The number of pyridine rings is 1. The van der Waals surface area contributed by atoms with E-state index in [9.17, 15) is 0 Å². The fourth-order valence-corrected chi connectivity index (χ4v) is 1.18. The van der Waals surface area contributed by atoms with Crippen molar-refractivity contribution >= 4 is 23.2 Å². The van der Waals surface area contributed by atoms with Crippen LogP contribution in [0.25, 0.3) is 0 Å². The molecule has 1 aromatic rings. The first kappa shape index (κ1) is 8.32. The number of rotatable bonds is 1. The monoisotopic (exact) mass is 186 g/mol. The van der Waals surface area contributed by atoms with Crippen LogP contribution < -0.4 is 0 Å². The molecule has 11 heavy (non-hydrogen) atoms. The van der Waals surface area contributed by atoms with Crippen LogP contribution in [0.15, 0.2) is 12.4 Å². The molecule has 0 amide bonds. The zero-order valence-electron chi connectivity index (χ0n) is 5.51.